The van der Waals surface area contributed by atoms with Gasteiger partial charge in [-0.1, -0.05) is 108 Å². The molecule has 0 saturated heterocycles. The van der Waals surface area contributed by atoms with Crippen molar-refractivity contribution in [3.05, 3.63) is 72.5 Å². The van der Waals surface area contributed by atoms with E-state index in [9.17, 15) is 0 Å². The molecule has 0 aromatic heterocycles. The maximum absolute atomic E-state index is 6.40. The first-order valence-electron chi connectivity index (χ1n) is 10.4. The SMILES string of the molecule is CCCCCCOc1cc(Br)c2cc(Br)ccc2c1-c1ccc(Br)c2cc(Br)ccc12. The Hall–Kier alpha value is -0.880. The summed E-state index contributed by atoms with van der Waals surface area (Å²) in [5, 5.41) is 4.71. The van der Waals surface area contributed by atoms with Crippen LogP contribution in [0.2, 0.25) is 0 Å². The van der Waals surface area contributed by atoms with Crippen LogP contribution in [-0.2, 0) is 0 Å². The monoisotopic (exact) mass is 666 g/mol. The third kappa shape index (κ3) is 5.05. The molecule has 0 heterocycles. The smallest absolute Gasteiger partial charge is 0.128 e. The summed E-state index contributed by atoms with van der Waals surface area (Å²) in [7, 11) is 0. The Labute approximate surface area is 217 Å². The fourth-order valence-electron chi connectivity index (χ4n) is 3.94. The van der Waals surface area contributed by atoms with Gasteiger partial charge in [-0.05, 0) is 69.9 Å². The molecule has 0 N–H and O–H groups in total. The predicted molar refractivity (Wildman–Crippen MR) is 147 cm³/mol. The van der Waals surface area contributed by atoms with Gasteiger partial charge in [-0.3, -0.25) is 0 Å². The molecule has 0 amide bonds. The minimum Gasteiger partial charge on any atom is -0.493 e. The van der Waals surface area contributed by atoms with Crippen molar-refractivity contribution < 1.29 is 4.74 Å². The Morgan fingerprint density at radius 2 is 1.32 bits per heavy atom. The molecule has 0 spiro atoms. The highest BCUT2D eigenvalue weighted by Crippen LogP contribution is 2.45. The molecule has 1 nitrogen and oxygen atoms in total. The van der Waals surface area contributed by atoms with Crippen LogP contribution in [0, 0.1) is 0 Å². The van der Waals surface area contributed by atoms with Crippen molar-refractivity contribution in [1.82, 2.24) is 0 Å². The van der Waals surface area contributed by atoms with Crippen molar-refractivity contribution in [2.45, 2.75) is 32.6 Å². The fourth-order valence-corrected chi connectivity index (χ4v) is 5.65. The van der Waals surface area contributed by atoms with Gasteiger partial charge in [0.25, 0.3) is 0 Å². The van der Waals surface area contributed by atoms with Crippen LogP contribution in [0.3, 0.4) is 0 Å². The van der Waals surface area contributed by atoms with Gasteiger partial charge in [0.1, 0.15) is 5.75 Å². The first kappa shape index (κ1) is 23.3. The highest BCUT2D eigenvalue weighted by Gasteiger charge is 2.18. The van der Waals surface area contributed by atoms with Gasteiger partial charge in [0, 0.05) is 23.5 Å². The lowest BCUT2D eigenvalue weighted by atomic mass is 9.93. The number of hydrogen-bond donors (Lipinski definition) is 0. The van der Waals surface area contributed by atoms with E-state index in [2.05, 4.69) is 125 Å². The van der Waals surface area contributed by atoms with Crippen LogP contribution in [0.15, 0.2) is 72.5 Å². The fraction of sp³-hybridized carbons (Fsp3) is 0.231. The van der Waals surface area contributed by atoms with Crippen LogP contribution >= 0.6 is 63.7 Å². The number of ether oxygens (including phenoxy) is 1. The van der Waals surface area contributed by atoms with Gasteiger partial charge in [-0.2, -0.15) is 0 Å². The summed E-state index contributed by atoms with van der Waals surface area (Å²) in [4.78, 5) is 0. The Balaban J connectivity index is 1.93. The van der Waals surface area contributed by atoms with E-state index < -0.39 is 0 Å². The van der Waals surface area contributed by atoms with Crippen molar-refractivity contribution in [1.29, 1.82) is 0 Å². The third-order valence-corrected chi connectivity index (χ3v) is 7.80. The van der Waals surface area contributed by atoms with Crippen LogP contribution in [0.25, 0.3) is 32.7 Å². The van der Waals surface area contributed by atoms with Gasteiger partial charge in [-0.25, -0.2) is 0 Å². The quantitative estimate of drug-likeness (QED) is 0.178. The van der Waals surface area contributed by atoms with E-state index in [4.69, 9.17) is 4.74 Å². The van der Waals surface area contributed by atoms with Crippen LogP contribution in [0.4, 0.5) is 0 Å². The number of fused-ring (bicyclic) bond motifs is 2. The molecule has 4 aromatic rings. The second kappa shape index (κ2) is 10.4. The van der Waals surface area contributed by atoms with E-state index in [1.165, 1.54) is 41.0 Å². The molecule has 0 unspecified atom stereocenters. The molecule has 0 bridgehead atoms. The number of hydrogen-bond acceptors (Lipinski definition) is 1. The molecule has 0 radical (unpaired) electrons. The van der Waals surface area contributed by atoms with Gasteiger partial charge in [0.05, 0.1) is 6.61 Å². The molecule has 160 valence electrons. The van der Waals surface area contributed by atoms with Gasteiger partial charge in [-0.15, -0.1) is 0 Å². The van der Waals surface area contributed by atoms with Gasteiger partial charge >= 0.3 is 0 Å². The van der Waals surface area contributed by atoms with E-state index in [-0.39, 0.29) is 0 Å². The number of halogens is 4. The second-order valence-electron chi connectivity index (χ2n) is 7.62. The van der Waals surface area contributed by atoms with Crippen molar-refractivity contribution >= 4 is 85.3 Å². The molecular formula is C26H22Br4O. The lowest BCUT2D eigenvalue weighted by Crippen LogP contribution is -2.00. The minimum absolute atomic E-state index is 0.724. The van der Waals surface area contributed by atoms with E-state index in [0.717, 1.165) is 47.6 Å². The minimum atomic E-state index is 0.724. The van der Waals surface area contributed by atoms with Crippen LogP contribution < -0.4 is 4.74 Å². The molecule has 0 atom stereocenters. The average Bonchev–Trinajstić information content (AvgIpc) is 2.75. The Morgan fingerprint density at radius 1 is 0.645 bits per heavy atom. The molecule has 0 aliphatic heterocycles. The van der Waals surface area contributed by atoms with Crippen molar-refractivity contribution in [3.63, 3.8) is 0 Å². The summed E-state index contributed by atoms with van der Waals surface area (Å²) < 4.78 is 10.6. The van der Waals surface area contributed by atoms with Crippen LogP contribution in [0.5, 0.6) is 5.75 Å². The molecule has 0 saturated carbocycles. The standard InChI is InChI=1S/C26H22Br4O/c1-2-3-4-5-12-31-25-15-24(30)22-14-17(28)7-9-20(22)26(25)19-10-11-23(29)21-13-16(27)6-8-18(19)21/h6-11,13-15H,2-5,12H2,1H3. The van der Waals surface area contributed by atoms with Crippen LogP contribution in [-0.4, -0.2) is 6.61 Å². The third-order valence-electron chi connectivity index (χ3n) is 5.46. The first-order valence-corrected chi connectivity index (χ1v) is 13.6. The highest BCUT2D eigenvalue weighted by molar-refractivity contribution is 9.11. The van der Waals surface area contributed by atoms with Crippen molar-refractivity contribution in [3.8, 4) is 16.9 Å². The number of benzene rings is 4. The largest absolute Gasteiger partial charge is 0.493 e. The lowest BCUT2D eigenvalue weighted by molar-refractivity contribution is 0.306. The van der Waals surface area contributed by atoms with Gasteiger partial charge in [0.2, 0.25) is 0 Å². The van der Waals surface area contributed by atoms with E-state index in [1.54, 1.807) is 0 Å². The normalized spacial score (nSPS) is 11.4. The zero-order chi connectivity index (χ0) is 22.0. The molecule has 0 fully saturated rings. The molecule has 0 aliphatic carbocycles. The van der Waals surface area contributed by atoms with E-state index >= 15 is 0 Å². The zero-order valence-corrected chi connectivity index (χ0v) is 23.5. The molecular weight excluding hydrogens is 648 g/mol. The maximum atomic E-state index is 6.40. The molecule has 4 aromatic carbocycles. The summed E-state index contributed by atoms with van der Waals surface area (Å²) >= 11 is 14.7. The lowest BCUT2D eigenvalue weighted by Gasteiger charge is -2.18. The highest BCUT2D eigenvalue weighted by atomic mass is 79.9. The predicted octanol–water partition coefficient (Wildman–Crippen LogP) is 10.7. The molecule has 4 rings (SSSR count). The summed E-state index contributed by atoms with van der Waals surface area (Å²) in [5.41, 5.74) is 2.31. The second-order valence-corrected chi connectivity index (χ2v) is 11.2. The topological polar surface area (TPSA) is 9.23 Å². The summed E-state index contributed by atoms with van der Waals surface area (Å²) in [6.45, 7) is 2.95. The van der Waals surface area contributed by atoms with Crippen molar-refractivity contribution in [2.24, 2.45) is 0 Å². The molecule has 5 heteroatoms. The molecule has 31 heavy (non-hydrogen) atoms. The van der Waals surface area contributed by atoms with E-state index in [1.807, 2.05) is 0 Å². The van der Waals surface area contributed by atoms with Gasteiger partial charge < -0.3 is 4.74 Å². The molecule has 0 aliphatic rings. The summed E-state index contributed by atoms with van der Waals surface area (Å²) in [6.07, 6.45) is 4.74. The average molecular weight is 670 g/mol. The van der Waals surface area contributed by atoms with Gasteiger partial charge in [0.15, 0.2) is 0 Å². The summed E-state index contributed by atoms with van der Waals surface area (Å²) in [5.74, 6) is 0.921. The zero-order valence-electron chi connectivity index (χ0n) is 17.2. The Bertz CT molecular complexity index is 1250. The van der Waals surface area contributed by atoms with E-state index in [0.29, 0.717) is 0 Å². The van der Waals surface area contributed by atoms with Crippen LogP contribution in [0.1, 0.15) is 32.6 Å². The Kier molecular flexibility index (Phi) is 7.79. The maximum Gasteiger partial charge on any atom is 0.128 e. The summed E-state index contributed by atoms with van der Waals surface area (Å²) in [6, 6.07) is 19.3. The number of unbranched alkanes of at least 4 members (excludes halogenated alkanes) is 3. The van der Waals surface area contributed by atoms with Crippen molar-refractivity contribution in [2.75, 3.05) is 6.61 Å². The first-order chi connectivity index (χ1) is 15.0. The Morgan fingerprint density at radius 3 is 2.03 bits per heavy atom. The number of rotatable bonds is 7.